The Morgan fingerprint density at radius 1 is 1.39 bits per heavy atom. The predicted octanol–water partition coefficient (Wildman–Crippen LogP) is 1.96. The second-order valence-corrected chi connectivity index (χ2v) is 4.72. The van der Waals surface area contributed by atoms with Crippen LogP contribution in [0.2, 0.25) is 0 Å². The number of aromatic nitrogens is 2. The molecule has 0 spiro atoms. The third-order valence-electron chi connectivity index (χ3n) is 3.03. The molecule has 23 heavy (non-hydrogen) atoms. The molecule has 7 nitrogen and oxygen atoms in total. The van der Waals surface area contributed by atoms with Gasteiger partial charge >= 0.3 is 5.97 Å². The van der Waals surface area contributed by atoms with Crippen LogP contribution in [0.3, 0.4) is 0 Å². The van der Waals surface area contributed by atoms with E-state index >= 15 is 0 Å². The number of carbonyl (C=O) groups is 1. The van der Waals surface area contributed by atoms with Gasteiger partial charge in [0.2, 0.25) is 0 Å². The van der Waals surface area contributed by atoms with E-state index in [1.807, 2.05) is 12.1 Å². The van der Waals surface area contributed by atoms with Crippen LogP contribution in [0.1, 0.15) is 17.3 Å². The lowest BCUT2D eigenvalue weighted by molar-refractivity contribution is 0.0526. The maximum Gasteiger partial charge on any atom is 0.343 e. The van der Waals surface area contributed by atoms with Crippen molar-refractivity contribution in [2.75, 3.05) is 37.9 Å². The number of rotatable bonds is 7. The number of hydrogen-bond acceptors (Lipinski definition) is 7. The molecule has 0 atom stereocenters. The minimum atomic E-state index is -0.466. The van der Waals surface area contributed by atoms with Gasteiger partial charge in [0, 0.05) is 31.1 Å². The fraction of sp³-hybridized carbons (Fsp3) is 0.312. The van der Waals surface area contributed by atoms with Gasteiger partial charge in [-0.25, -0.2) is 14.8 Å². The Balaban J connectivity index is 2.35. The number of nitrogen functional groups attached to an aromatic ring is 1. The van der Waals surface area contributed by atoms with E-state index in [1.165, 1.54) is 6.20 Å². The van der Waals surface area contributed by atoms with E-state index in [0.717, 1.165) is 5.56 Å². The molecule has 0 saturated carbocycles. The van der Waals surface area contributed by atoms with E-state index in [-0.39, 0.29) is 12.2 Å². The number of hydrogen-bond donors (Lipinski definition) is 2. The number of nitrogens with two attached hydrogens (primary N) is 1. The number of methoxy groups -OCH3 is 1. The Kier molecular flexibility index (Phi) is 5.87. The summed E-state index contributed by atoms with van der Waals surface area (Å²) in [6.07, 6.45) is 1.46. The maximum atomic E-state index is 12.0. The van der Waals surface area contributed by atoms with Gasteiger partial charge in [-0.3, -0.25) is 0 Å². The van der Waals surface area contributed by atoms with Gasteiger partial charge in [-0.1, -0.05) is 12.1 Å². The maximum absolute atomic E-state index is 12.0. The van der Waals surface area contributed by atoms with Gasteiger partial charge in [0.15, 0.2) is 5.82 Å². The highest BCUT2D eigenvalue weighted by atomic mass is 16.5. The number of carbonyl (C=O) groups excluding carboxylic acids is 1. The zero-order valence-electron chi connectivity index (χ0n) is 13.2. The molecule has 0 aliphatic rings. The predicted molar refractivity (Wildman–Crippen MR) is 88.2 cm³/mol. The first kappa shape index (κ1) is 16.7. The van der Waals surface area contributed by atoms with Crippen LogP contribution in [0.5, 0.6) is 0 Å². The van der Waals surface area contributed by atoms with E-state index in [9.17, 15) is 4.79 Å². The first-order valence-electron chi connectivity index (χ1n) is 7.28. The lowest BCUT2D eigenvalue weighted by Gasteiger charge is -2.11. The van der Waals surface area contributed by atoms with E-state index in [4.69, 9.17) is 15.2 Å². The average molecular weight is 316 g/mol. The number of nitrogens with zero attached hydrogens (tertiary/aromatic N) is 2. The van der Waals surface area contributed by atoms with Crippen LogP contribution in [0.25, 0.3) is 11.4 Å². The molecule has 2 rings (SSSR count). The van der Waals surface area contributed by atoms with Crippen LogP contribution in [0, 0.1) is 0 Å². The molecule has 1 aromatic carbocycles. The summed E-state index contributed by atoms with van der Waals surface area (Å²) >= 11 is 0. The largest absolute Gasteiger partial charge is 0.462 e. The molecule has 1 heterocycles. The lowest BCUT2D eigenvalue weighted by Crippen LogP contribution is -2.15. The summed E-state index contributed by atoms with van der Waals surface area (Å²) in [4.78, 5) is 20.7. The molecular weight excluding hydrogens is 296 g/mol. The summed E-state index contributed by atoms with van der Waals surface area (Å²) < 4.78 is 10.0. The number of ether oxygens (including phenoxy) is 2. The van der Waals surface area contributed by atoms with E-state index in [0.29, 0.717) is 30.5 Å². The van der Waals surface area contributed by atoms with Crippen LogP contribution >= 0.6 is 0 Å². The molecule has 2 aromatic rings. The summed E-state index contributed by atoms with van der Waals surface area (Å²) in [5.41, 5.74) is 7.47. The van der Waals surface area contributed by atoms with Crippen LogP contribution in [-0.4, -0.2) is 42.8 Å². The van der Waals surface area contributed by atoms with Crippen molar-refractivity contribution in [3.8, 4) is 11.4 Å². The second kappa shape index (κ2) is 8.09. The van der Waals surface area contributed by atoms with Crippen molar-refractivity contribution in [3.05, 3.63) is 36.0 Å². The minimum Gasteiger partial charge on any atom is -0.462 e. The molecule has 0 radical (unpaired) electrons. The van der Waals surface area contributed by atoms with E-state index < -0.39 is 5.97 Å². The normalized spacial score (nSPS) is 10.3. The fourth-order valence-corrected chi connectivity index (χ4v) is 1.96. The van der Waals surface area contributed by atoms with Crippen molar-refractivity contribution in [1.29, 1.82) is 0 Å². The fourth-order valence-electron chi connectivity index (χ4n) is 1.96. The zero-order chi connectivity index (χ0) is 16.7. The number of nitrogens with one attached hydrogen (secondary N) is 1. The number of benzene rings is 1. The van der Waals surface area contributed by atoms with Gasteiger partial charge < -0.3 is 20.5 Å². The molecule has 0 bridgehead atoms. The van der Waals surface area contributed by atoms with Crippen LogP contribution < -0.4 is 11.1 Å². The Bertz CT molecular complexity index is 676. The molecule has 3 N–H and O–H groups in total. The first-order valence-corrected chi connectivity index (χ1v) is 7.28. The average Bonchev–Trinajstić information content (AvgIpc) is 2.55. The van der Waals surface area contributed by atoms with Crippen molar-refractivity contribution in [1.82, 2.24) is 9.97 Å². The molecule has 0 saturated heterocycles. The van der Waals surface area contributed by atoms with Gasteiger partial charge in [0.05, 0.1) is 13.2 Å². The third-order valence-corrected chi connectivity index (χ3v) is 3.03. The topological polar surface area (TPSA) is 99.4 Å². The standard InChI is InChI=1S/C16H20N4O3/c1-3-23-16(21)13-10-19-14(11-5-4-6-12(17)9-11)20-15(13)18-7-8-22-2/h4-6,9-10H,3,7-8,17H2,1-2H3,(H,18,19,20). The summed E-state index contributed by atoms with van der Waals surface area (Å²) in [7, 11) is 1.60. The Hall–Kier alpha value is -2.67. The van der Waals surface area contributed by atoms with Crippen LogP contribution in [-0.2, 0) is 9.47 Å². The molecule has 0 unspecified atom stereocenters. The van der Waals surface area contributed by atoms with Crippen LogP contribution in [0.4, 0.5) is 11.5 Å². The second-order valence-electron chi connectivity index (χ2n) is 4.72. The summed E-state index contributed by atoms with van der Waals surface area (Å²) in [6, 6.07) is 7.24. The highest BCUT2D eigenvalue weighted by Gasteiger charge is 2.16. The third kappa shape index (κ3) is 4.40. The van der Waals surface area contributed by atoms with E-state index in [1.54, 1.807) is 26.2 Å². The van der Waals surface area contributed by atoms with Gasteiger partial charge in [0.1, 0.15) is 11.4 Å². The molecular formula is C16H20N4O3. The first-order chi connectivity index (χ1) is 11.2. The highest BCUT2D eigenvalue weighted by molar-refractivity contribution is 5.94. The van der Waals surface area contributed by atoms with Crippen molar-refractivity contribution in [3.63, 3.8) is 0 Å². The molecule has 0 aliphatic heterocycles. The summed E-state index contributed by atoms with van der Waals surface area (Å²) in [6.45, 7) is 3.03. The van der Waals surface area contributed by atoms with Crippen LogP contribution in [0.15, 0.2) is 30.5 Å². The van der Waals surface area contributed by atoms with Gasteiger partial charge in [0.25, 0.3) is 0 Å². The van der Waals surface area contributed by atoms with Crippen molar-refractivity contribution in [2.24, 2.45) is 0 Å². The molecule has 0 fully saturated rings. The zero-order valence-corrected chi connectivity index (χ0v) is 13.2. The monoisotopic (exact) mass is 316 g/mol. The molecule has 1 aromatic heterocycles. The summed E-state index contributed by atoms with van der Waals surface area (Å²) in [5, 5.41) is 3.07. The molecule has 122 valence electrons. The van der Waals surface area contributed by atoms with Gasteiger partial charge in [-0.2, -0.15) is 0 Å². The highest BCUT2D eigenvalue weighted by Crippen LogP contribution is 2.21. The molecule has 0 amide bonds. The Morgan fingerprint density at radius 2 is 2.22 bits per heavy atom. The molecule has 0 aliphatic carbocycles. The van der Waals surface area contributed by atoms with Gasteiger partial charge in [-0.15, -0.1) is 0 Å². The van der Waals surface area contributed by atoms with Gasteiger partial charge in [-0.05, 0) is 19.1 Å². The Morgan fingerprint density at radius 3 is 2.91 bits per heavy atom. The number of esters is 1. The van der Waals surface area contributed by atoms with Crippen molar-refractivity contribution >= 4 is 17.5 Å². The van der Waals surface area contributed by atoms with Crippen molar-refractivity contribution in [2.45, 2.75) is 6.92 Å². The smallest absolute Gasteiger partial charge is 0.343 e. The lowest BCUT2D eigenvalue weighted by atomic mass is 10.2. The quantitative estimate of drug-likeness (QED) is 0.457. The number of anilines is 2. The Labute approximate surface area is 134 Å². The summed E-state index contributed by atoms with van der Waals surface area (Å²) in [5.74, 6) is 0.421. The van der Waals surface area contributed by atoms with E-state index in [2.05, 4.69) is 15.3 Å². The SMILES string of the molecule is CCOC(=O)c1cnc(-c2cccc(N)c2)nc1NCCOC. The van der Waals surface area contributed by atoms with Crippen molar-refractivity contribution < 1.29 is 14.3 Å². The minimum absolute atomic E-state index is 0.285. The molecule has 7 heteroatoms.